The van der Waals surface area contributed by atoms with Crippen molar-refractivity contribution in [2.45, 2.75) is 19.9 Å². The maximum Gasteiger partial charge on any atom is 0.332 e. The number of thiazole rings is 1. The Kier molecular flexibility index (Phi) is 6.61. The van der Waals surface area contributed by atoms with Gasteiger partial charge in [-0.15, -0.1) is 0 Å². The Morgan fingerprint density at radius 1 is 1.15 bits per heavy atom. The number of anilines is 1. The van der Waals surface area contributed by atoms with E-state index in [1.807, 2.05) is 33.2 Å². The lowest BCUT2D eigenvalue weighted by atomic mass is 10.2. The Balaban J connectivity index is 1.73. The van der Waals surface area contributed by atoms with Crippen LogP contribution in [0.25, 0.3) is 21.4 Å². The molecule has 0 fully saturated rings. The van der Waals surface area contributed by atoms with Crippen LogP contribution in [-0.4, -0.2) is 61.7 Å². The summed E-state index contributed by atoms with van der Waals surface area (Å²) in [6.07, 6.45) is 2.17. The third kappa shape index (κ3) is 4.26. The van der Waals surface area contributed by atoms with Gasteiger partial charge in [-0.3, -0.25) is 23.6 Å². The summed E-state index contributed by atoms with van der Waals surface area (Å²) in [4.78, 5) is 51.2. The van der Waals surface area contributed by atoms with E-state index in [0.29, 0.717) is 16.7 Å². The molecule has 34 heavy (non-hydrogen) atoms. The quantitative estimate of drug-likeness (QED) is 0.382. The average molecular weight is 504 g/mol. The van der Waals surface area contributed by atoms with E-state index in [0.717, 1.165) is 33.3 Å². The average Bonchev–Trinajstić information content (AvgIpc) is 3.41. The number of halogens is 1. The molecule has 0 aliphatic heterocycles. The number of imidazole rings is 1. The first kappa shape index (κ1) is 24.1. The summed E-state index contributed by atoms with van der Waals surface area (Å²) in [5.41, 5.74) is 1.13. The normalized spacial score (nSPS) is 11.7. The minimum absolute atomic E-state index is 0.110. The van der Waals surface area contributed by atoms with Gasteiger partial charge in [-0.05, 0) is 51.7 Å². The van der Waals surface area contributed by atoms with Gasteiger partial charge in [0.15, 0.2) is 16.3 Å². The van der Waals surface area contributed by atoms with Crippen LogP contribution in [0.1, 0.15) is 12.0 Å². The smallest absolute Gasteiger partial charge is 0.315 e. The fraction of sp³-hybridized carbons (Fsp3) is 0.409. The summed E-state index contributed by atoms with van der Waals surface area (Å²) in [6.45, 7) is 3.06. The van der Waals surface area contributed by atoms with Crippen molar-refractivity contribution in [2.75, 3.05) is 32.1 Å². The fourth-order valence-electron chi connectivity index (χ4n) is 3.82. The Morgan fingerprint density at radius 2 is 1.88 bits per heavy atom. The number of aromatic nitrogens is 5. The number of rotatable bonds is 7. The van der Waals surface area contributed by atoms with Gasteiger partial charge in [0.2, 0.25) is 5.91 Å². The van der Waals surface area contributed by atoms with Crippen LogP contribution in [0.4, 0.5) is 5.13 Å². The summed E-state index contributed by atoms with van der Waals surface area (Å²) in [7, 11) is 6.91. The van der Waals surface area contributed by atoms with Gasteiger partial charge in [0, 0.05) is 25.7 Å². The SMILES string of the molecule is Cc1c(Cl)ccc2sc(N(CCCN(C)C)C(=O)Cn3cnc4c3c(=O)n(C)c(=O)n4C)nc12. The maximum absolute atomic E-state index is 13.5. The number of hydrogen-bond acceptors (Lipinski definition) is 7. The molecule has 1 amide bonds. The largest absolute Gasteiger partial charge is 0.332 e. The zero-order valence-electron chi connectivity index (χ0n) is 19.7. The molecule has 3 aromatic heterocycles. The van der Waals surface area contributed by atoms with E-state index in [4.69, 9.17) is 16.6 Å². The highest BCUT2D eigenvalue weighted by Gasteiger charge is 2.23. The van der Waals surface area contributed by atoms with Crippen molar-refractivity contribution in [1.29, 1.82) is 0 Å². The van der Waals surface area contributed by atoms with Crippen LogP contribution in [0.5, 0.6) is 0 Å². The summed E-state index contributed by atoms with van der Waals surface area (Å²) in [5, 5.41) is 1.20. The highest BCUT2D eigenvalue weighted by atomic mass is 35.5. The highest BCUT2D eigenvalue weighted by Crippen LogP contribution is 2.33. The lowest BCUT2D eigenvalue weighted by molar-refractivity contribution is -0.119. The number of amides is 1. The fourth-order valence-corrected chi connectivity index (χ4v) is 5.05. The number of fused-ring (bicyclic) bond motifs is 2. The van der Waals surface area contributed by atoms with Crippen LogP contribution in [0.15, 0.2) is 28.0 Å². The number of carbonyl (C=O) groups is 1. The highest BCUT2D eigenvalue weighted by molar-refractivity contribution is 7.22. The number of carbonyl (C=O) groups excluding carboxylic acids is 1. The molecule has 0 unspecified atom stereocenters. The minimum atomic E-state index is -0.493. The van der Waals surface area contributed by atoms with Gasteiger partial charge in [-0.25, -0.2) is 14.8 Å². The number of aryl methyl sites for hydroxylation is 2. The Hall–Kier alpha value is -3.02. The van der Waals surface area contributed by atoms with Gasteiger partial charge >= 0.3 is 5.69 Å². The van der Waals surface area contributed by atoms with Crippen molar-refractivity contribution in [3.05, 3.63) is 49.9 Å². The van der Waals surface area contributed by atoms with Crippen LogP contribution in [-0.2, 0) is 25.4 Å². The second-order valence-electron chi connectivity index (χ2n) is 8.47. The molecule has 12 heteroatoms. The molecule has 180 valence electrons. The molecular formula is C22H26ClN7O3S. The monoisotopic (exact) mass is 503 g/mol. The molecule has 0 aliphatic carbocycles. The maximum atomic E-state index is 13.5. The van der Waals surface area contributed by atoms with Crippen LogP contribution in [0.3, 0.4) is 0 Å². The Labute approximate surface area is 204 Å². The molecule has 3 heterocycles. The minimum Gasteiger partial charge on any atom is -0.315 e. The first-order chi connectivity index (χ1) is 16.1. The van der Waals surface area contributed by atoms with Gasteiger partial charge in [0.25, 0.3) is 5.56 Å². The molecule has 4 rings (SSSR count). The van der Waals surface area contributed by atoms with Crippen molar-refractivity contribution >= 4 is 55.4 Å². The topological polar surface area (TPSA) is 98.3 Å². The molecule has 0 bridgehead atoms. The van der Waals surface area contributed by atoms with Crippen LogP contribution >= 0.6 is 22.9 Å². The molecular weight excluding hydrogens is 478 g/mol. The van der Waals surface area contributed by atoms with Crippen molar-refractivity contribution in [3.63, 3.8) is 0 Å². The summed E-state index contributed by atoms with van der Waals surface area (Å²) >= 11 is 7.70. The first-order valence-corrected chi connectivity index (χ1v) is 11.9. The summed E-state index contributed by atoms with van der Waals surface area (Å²) < 4.78 is 4.75. The van der Waals surface area contributed by atoms with Crippen molar-refractivity contribution in [2.24, 2.45) is 14.1 Å². The van der Waals surface area contributed by atoms with E-state index in [-0.39, 0.29) is 23.6 Å². The number of hydrogen-bond donors (Lipinski definition) is 0. The lowest BCUT2D eigenvalue weighted by Crippen LogP contribution is -2.39. The third-order valence-corrected chi connectivity index (χ3v) is 7.23. The van der Waals surface area contributed by atoms with Gasteiger partial charge in [-0.1, -0.05) is 22.9 Å². The second kappa shape index (κ2) is 9.32. The van der Waals surface area contributed by atoms with Crippen LogP contribution < -0.4 is 16.1 Å². The molecule has 0 saturated carbocycles. The van der Waals surface area contributed by atoms with E-state index < -0.39 is 11.2 Å². The van der Waals surface area contributed by atoms with Crippen LogP contribution in [0, 0.1) is 6.92 Å². The van der Waals surface area contributed by atoms with Crippen molar-refractivity contribution < 1.29 is 4.79 Å². The molecule has 1 aromatic carbocycles. The van der Waals surface area contributed by atoms with Gasteiger partial charge in [0.1, 0.15) is 6.54 Å². The predicted octanol–water partition coefficient (Wildman–Crippen LogP) is 1.99. The molecule has 0 atom stereocenters. The molecule has 0 spiro atoms. The van der Waals surface area contributed by atoms with Crippen molar-refractivity contribution in [3.8, 4) is 0 Å². The molecule has 0 aliphatic rings. The van der Waals surface area contributed by atoms with E-state index in [9.17, 15) is 14.4 Å². The van der Waals surface area contributed by atoms with Gasteiger partial charge in [0.05, 0.1) is 16.5 Å². The van der Waals surface area contributed by atoms with Crippen LogP contribution in [0.2, 0.25) is 5.02 Å². The Morgan fingerprint density at radius 3 is 2.59 bits per heavy atom. The van der Waals surface area contributed by atoms with Gasteiger partial charge in [-0.2, -0.15) is 0 Å². The van der Waals surface area contributed by atoms with Gasteiger partial charge < -0.3 is 9.47 Å². The van der Waals surface area contributed by atoms with E-state index in [2.05, 4.69) is 9.88 Å². The first-order valence-electron chi connectivity index (χ1n) is 10.7. The standard InChI is InChI=1S/C22H26ClN7O3S/c1-13-14(23)7-8-15-17(13)25-21(34-15)30(10-6-9-26(2)3)16(31)11-29-12-24-19-18(29)20(32)28(5)22(33)27(19)4/h7-8,12H,6,9-11H2,1-5H3. The van der Waals surface area contributed by atoms with E-state index in [1.165, 1.54) is 33.8 Å². The predicted molar refractivity (Wildman–Crippen MR) is 135 cm³/mol. The second-order valence-corrected chi connectivity index (χ2v) is 9.88. The van der Waals surface area contributed by atoms with E-state index in [1.54, 1.807) is 11.9 Å². The molecule has 0 radical (unpaired) electrons. The Bertz CT molecular complexity index is 1510. The lowest BCUT2D eigenvalue weighted by Gasteiger charge is -2.21. The molecule has 0 N–H and O–H groups in total. The molecule has 0 saturated heterocycles. The number of nitrogens with zero attached hydrogens (tertiary/aromatic N) is 7. The molecule has 10 nitrogen and oxygen atoms in total. The third-order valence-electron chi connectivity index (χ3n) is 5.78. The zero-order valence-corrected chi connectivity index (χ0v) is 21.3. The number of benzene rings is 1. The molecule has 4 aromatic rings. The summed E-state index contributed by atoms with van der Waals surface area (Å²) in [6, 6.07) is 3.74. The summed E-state index contributed by atoms with van der Waals surface area (Å²) in [5.74, 6) is -0.225. The zero-order chi connectivity index (χ0) is 24.7. The van der Waals surface area contributed by atoms with Crippen molar-refractivity contribution in [1.82, 2.24) is 28.6 Å². The van der Waals surface area contributed by atoms with E-state index >= 15 is 0 Å².